The zero-order chi connectivity index (χ0) is 12.9. The number of nitrogens with zero attached hydrogens (tertiary/aromatic N) is 1. The molecule has 1 atom stereocenters. The summed E-state index contributed by atoms with van der Waals surface area (Å²) >= 11 is 0. The van der Waals surface area contributed by atoms with E-state index in [9.17, 15) is 13.2 Å². The molecule has 17 heavy (non-hydrogen) atoms. The first-order chi connectivity index (χ1) is 7.91. The molecule has 0 radical (unpaired) electrons. The highest BCUT2D eigenvalue weighted by molar-refractivity contribution is 7.89. The molecule has 0 aromatic rings. The Morgan fingerprint density at radius 2 is 2.24 bits per heavy atom. The number of carbonyl (C=O) groups is 1. The predicted molar refractivity (Wildman–Crippen MR) is 64.3 cm³/mol. The normalized spacial score (nSPS) is 21.8. The van der Waals surface area contributed by atoms with Gasteiger partial charge in [-0.15, -0.1) is 0 Å². The zero-order valence-electron chi connectivity index (χ0n) is 10.1. The highest BCUT2D eigenvalue weighted by Gasteiger charge is 2.22. The minimum atomic E-state index is -3.33. The topological polar surface area (TPSA) is 86.7 Å². The number of sulfonamides is 1. The van der Waals surface area contributed by atoms with Crippen molar-refractivity contribution in [2.45, 2.75) is 31.7 Å². The first-order valence-electron chi connectivity index (χ1n) is 5.80. The summed E-state index contributed by atoms with van der Waals surface area (Å²) in [6.07, 6.45) is 2.16. The molecule has 0 aromatic heterocycles. The van der Waals surface area contributed by atoms with Crippen molar-refractivity contribution in [1.29, 1.82) is 0 Å². The first kappa shape index (κ1) is 14.4. The van der Waals surface area contributed by atoms with E-state index in [1.807, 2.05) is 7.05 Å². The SMILES string of the molecule is CN1CCCC1CNS(=O)(=O)CCCC(=O)O. The third-order valence-electron chi connectivity index (χ3n) is 3.01. The maximum absolute atomic E-state index is 11.6. The van der Waals surface area contributed by atoms with Gasteiger partial charge in [-0.1, -0.05) is 0 Å². The van der Waals surface area contributed by atoms with Gasteiger partial charge in [-0.2, -0.15) is 0 Å². The largest absolute Gasteiger partial charge is 0.481 e. The molecular weight excluding hydrogens is 244 g/mol. The molecule has 1 unspecified atom stereocenters. The molecule has 0 saturated carbocycles. The van der Waals surface area contributed by atoms with Gasteiger partial charge in [0.05, 0.1) is 5.75 Å². The molecule has 0 amide bonds. The van der Waals surface area contributed by atoms with E-state index in [1.54, 1.807) is 0 Å². The van der Waals surface area contributed by atoms with Gasteiger partial charge in [0.1, 0.15) is 0 Å². The molecule has 1 fully saturated rings. The quantitative estimate of drug-likeness (QED) is 0.668. The Morgan fingerprint density at radius 3 is 2.76 bits per heavy atom. The highest BCUT2D eigenvalue weighted by Crippen LogP contribution is 2.13. The van der Waals surface area contributed by atoms with Crippen LogP contribution in [0.4, 0.5) is 0 Å². The average Bonchev–Trinajstić information content (AvgIpc) is 2.60. The number of likely N-dealkylation sites (N-methyl/N-ethyl adjacent to an activating group) is 1. The summed E-state index contributed by atoms with van der Waals surface area (Å²) < 4.78 is 25.6. The van der Waals surface area contributed by atoms with Crippen molar-refractivity contribution in [3.63, 3.8) is 0 Å². The molecule has 1 heterocycles. The van der Waals surface area contributed by atoms with Crippen LogP contribution >= 0.6 is 0 Å². The second-order valence-electron chi connectivity index (χ2n) is 4.44. The molecule has 0 aliphatic carbocycles. The molecule has 7 heteroatoms. The predicted octanol–water partition coefficient (Wildman–Crippen LogP) is -0.135. The summed E-state index contributed by atoms with van der Waals surface area (Å²) in [4.78, 5) is 12.4. The monoisotopic (exact) mass is 264 g/mol. The van der Waals surface area contributed by atoms with E-state index in [0.29, 0.717) is 6.54 Å². The molecule has 1 aliphatic heterocycles. The lowest BCUT2D eigenvalue weighted by Gasteiger charge is -2.19. The van der Waals surface area contributed by atoms with E-state index < -0.39 is 16.0 Å². The number of aliphatic carboxylic acids is 1. The van der Waals surface area contributed by atoms with Crippen molar-refractivity contribution in [1.82, 2.24) is 9.62 Å². The Kier molecular flexibility index (Phi) is 5.35. The molecule has 2 N–H and O–H groups in total. The minimum absolute atomic E-state index is 0.107. The fourth-order valence-corrected chi connectivity index (χ4v) is 3.06. The number of carboxylic acids is 1. The van der Waals surface area contributed by atoms with Crippen LogP contribution in [0.25, 0.3) is 0 Å². The van der Waals surface area contributed by atoms with Gasteiger partial charge in [-0.3, -0.25) is 4.79 Å². The van der Waals surface area contributed by atoms with E-state index in [-0.39, 0.29) is 24.6 Å². The molecule has 0 aromatic carbocycles. The van der Waals surface area contributed by atoms with E-state index in [2.05, 4.69) is 9.62 Å². The van der Waals surface area contributed by atoms with E-state index >= 15 is 0 Å². The van der Waals surface area contributed by atoms with Crippen LogP contribution in [-0.4, -0.2) is 56.3 Å². The number of hydrogen-bond donors (Lipinski definition) is 2. The van der Waals surface area contributed by atoms with Crippen LogP contribution in [0.15, 0.2) is 0 Å². The van der Waals surface area contributed by atoms with Crippen LogP contribution in [0.5, 0.6) is 0 Å². The van der Waals surface area contributed by atoms with Crippen LogP contribution in [0.1, 0.15) is 25.7 Å². The highest BCUT2D eigenvalue weighted by atomic mass is 32.2. The number of likely N-dealkylation sites (tertiary alicyclic amines) is 1. The van der Waals surface area contributed by atoms with Gasteiger partial charge < -0.3 is 10.0 Å². The average molecular weight is 264 g/mol. The van der Waals surface area contributed by atoms with Crippen molar-refractivity contribution in [2.24, 2.45) is 0 Å². The van der Waals surface area contributed by atoms with Crippen LogP contribution in [0.3, 0.4) is 0 Å². The Balaban J connectivity index is 2.26. The number of rotatable bonds is 7. The molecular formula is C10H20N2O4S. The van der Waals surface area contributed by atoms with E-state index in [1.165, 1.54) is 0 Å². The number of hydrogen-bond acceptors (Lipinski definition) is 4. The van der Waals surface area contributed by atoms with Gasteiger partial charge >= 0.3 is 5.97 Å². The summed E-state index contributed by atoms with van der Waals surface area (Å²) in [5.74, 6) is -1.08. The third kappa shape index (κ3) is 5.47. The lowest BCUT2D eigenvalue weighted by atomic mass is 10.2. The molecule has 100 valence electrons. The smallest absolute Gasteiger partial charge is 0.303 e. The number of carboxylic acid groups (broad SMARTS) is 1. The lowest BCUT2D eigenvalue weighted by Crippen LogP contribution is -2.39. The Morgan fingerprint density at radius 1 is 1.53 bits per heavy atom. The summed E-state index contributed by atoms with van der Waals surface area (Å²) in [5, 5.41) is 8.43. The van der Waals surface area contributed by atoms with Crippen LogP contribution in [0.2, 0.25) is 0 Å². The van der Waals surface area contributed by atoms with Gasteiger partial charge in [0.2, 0.25) is 10.0 Å². The van der Waals surface area contributed by atoms with E-state index in [4.69, 9.17) is 5.11 Å². The second-order valence-corrected chi connectivity index (χ2v) is 6.37. The molecule has 1 rings (SSSR count). The third-order valence-corrected chi connectivity index (χ3v) is 4.45. The summed E-state index contributed by atoms with van der Waals surface area (Å²) in [7, 11) is -1.35. The molecule has 6 nitrogen and oxygen atoms in total. The van der Waals surface area contributed by atoms with Crippen LogP contribution in [-0.2, 0) is 14.8 Å². The molecule has 0 bridgehead atoms. The molecule has 0 spiro atoms. The Hall–Kier alpha value is -0.660. The van der Waals surface area contributed by atoms with Gasteiger partial charge in [0.25, 0.3) is 0 Å². The van der Waals surface area contributed by atoms with Gasteiger partial charge in [-0.25, -0.2) is 13.1 Å². The fourth-order valence-electron chi connectivity index (χ4n) is 1.95. The maximum Gasteiger partial charge on any atom is 0.303 e. The van der Waals surface area contributed by atoms with E-state index in [0.717, 1.165) is 19.4 Å². The Bertz CT molecular complexity index is 355. The fraction of sp³-hybridized carbons (Fsp3) is 0.900. The van der Waals surface area contributed by atoms with Crippen molar-refractivity contribution >= 4 is 16.0 Å². The van der Waals surface area contributed by atoms with Gasteiger partial charge in [0.15, 0.2) is 0 Å². The molecule has 1 aliphatic rings. The van der Waals surface area contributed by atoms with Crippen molar-refractivity contribution in [2.75, 3.05) is 25.9 Å². The van der Waals surface area contributed by atoms with Crippen LogP contribution < -0.4 is 4.72 Å². The summed E-state index contributed by atoms with van der Waals surface area (Å²) in [6, 6.07) is 0.268. The molecule has 1 saturated heterocycles. The standard InChI is InChI=1S/C10H20N2O4S/c1-12-6-2-4-9(12)8-11-17(15,16)7-3-5-10(13)14/h9,11H,2-8H2,1H3,(H,13,14). The maximum atomic E-state index is 11.6. The zero-order valence-corrected chi connectivity index (χ0v) is 10.9. The second kappa shape index (κ2) is 6.32. The summed E-state index contributed by atoms with van der Waals surface area (Å²) in [6.45, 7) is 1.43. The lowest BCUT2D eigenvalue weighted by molar-refractivity contribution is -0.137. The van der Waals surface area contributed by atoms with Crippen LogP contribution in [0, 0.1) is 0 Å². The van der Waals surface area contributed by atoms with Crippen molar-refractivity contribution in [3.8, 4) is 0 Å². The first-order valence-corrected chi connectivity index (χ1v) is 7.45. The summed E-state index contributed by atoms with van der Waals surface area (Å²) in [5.41, 5.74) is 0. The van der Waals surface area contributed by atoms with Gasteiger partial charge in [-0.05, 0) is 32.9 Å². The van der Waals surface area contributed by atoms with Gasteiger partial charge in [0, 0.05) is 19.0 Å². The minimum Gasteiger partial charge on any atom is -0.481 e. The number of nitrogens with one attached hydrogen (secondary N) is 1. The Labute approximate surface area is 102 Å². The van der Waals surface area contributed by atoms with Crippen molar-refractivity contribution in [3.05, 3.63) is 0 Å². The van der Waals surface area contributed by atoms with Crippen molar-refractivity contribution < 1.29 is 18.3 Å².